The maximum absolute atomic E-state index is 6.97. The third-order valence-electron chi connectivity index (χ3n) is 13.8. The molecule has 61 heavy (non-hydrogen) atoms. The summed E-state index contributed by atoms with van der Waals surface area (Å²) in [6, 6.07) is 75.9. The molecule has 10 aromatic rings. The molecule has 0 amide bonds. The topological polar surface area (TPSA) is 17.4 Å². The molecule has 0 fully saturated rings. The number of hydrogen-bond acceptors (Lipinski definition) is 2. The molecule has 1 aliphatic carbocycles. The van der Waals surface area contributed by atoms with Crippen molar-refractivity contribution in [1.29, 1.82) is 0 Å². The summed E-state index contributed by atoms with van der Waals surface area (Å²) >= 11 is 0. The summed E-state index contributed by atoms with van der Waals surface area (Å²) in [5.41, 5.74) is 18.6. The zero-order valence-corrected chi connectivity index (χ0v) is 33.9. The van der Waals surface area contributed by atoms with Gasteiger partial charge in [-0.3, -0.25) is 0 Å². The Morgan fingerprint density at radius 3 is 1.85 bits per heavy atom. The summed E-state index contributed by atoms with van der Waals surface area (Å²) in [5.74, 6) is 1.75. The number of benzene rings is 9. The number of nitrogens with zero attached hydrogens (tertiary/aromatic N) is 2. The lowest BCUT2D eigenvalue weighted by Gasteiger charge is -2.45. The molecule has 2 aliphatic heterocycles. The Kier molecular flexibility index (Phi) is 6.99. The van der Waals surface area contributed by atoms with Crippen molar-refractivity contribution >= 4 is 38.9 Å². The van der Waals surface area contributed by atoms with Gasteiger partial charge < -0.3 is 14.2 Å². The summed E-state index contributed by atoms with van der Waals surface area (Å²) in [7, 11) is 0. The number of para-hydroxylation sites is 4. The van der Waals surface area contributed by atoms with Crippen LogP contribution in [0.2, 0.25) is 0 Å². The molecule has 13 rings (SSSR count). The number of rotatable bonds is 4. The lowest BCUT2D eigenvalue weighted by molar-refractivity contribution is 0.434. The second kappa shape index (κ2) is 12.5. The molecule has 1 unspecified atom stereocenters. The molecule has 0 N–H and O–H groups in total. The van der Waals surface area contributed by atoms with Crippen LogP contribution >= 0.6 is 0 Å². The molecule has 1 atom stereocenters. The first-order chi connectivity index (χ1) is 30.0. The predicted molar refractivity (Wildman–Crippen MR) is 250 cm³/mol. The van der Waals surface area contributed by atoms with Gasteiger partial charge in [-0.2, -0.15) is 0 Å². The van der Waals surface area contributed by atoms with Crippen molar-refractivity contribution < 1.29 is 4.74 Å². The average Bonchev–Trinajstić information content (AvgIpc) is 3.77. The molecule has 9 aromatic carbocycles. The number of ether oxygens (including phenoxy) is 1. The third kappa shape index (κ3) is 4.58. The second-order valence-electron chi connectivity index (χ2n) is 17.2. The second-order valence-corrected chi connectivity index (χ2v) is 17.2. The Labute approximate surface area is 355 Å². The van der Waals surface area contributed by atoms with Gasteiger partial charge in [0.2, 0.25) is 0 Å². The monoisotopic (exact) mass is 780 g/mol. The molecule has 3 heterocycles. The van der Waals surface area contributed by atoms with Gasteiger partial charge in [0.05, 0.1) is 22.1 Å². The van der Waals surface area contributed by atoms with E-state index in [0.29, 0.717) is 0 Å². The molecule has 1 spiro atoms. The Hall–Kier alpha value is -7.62. The van der Waals surface area contributed by atoms with Gasteiger partial charge in [0.25, 0.3) is 0 Å². The highest BCUT2D eigenvalue weighted by atomic mass is 16.5. The highest BCUT2D eigenvalue weighted by Gasteiger charge is 2.50. The van der Waals surface area contributed by atoms with Gasteiger partial charge in [0, 0.05) is 44.4 Å². The lowest BCUT2D eigenvalue weighted by Crippen LogP contribution is -2.38. The number of aromatic nitrogens is 1. The van der Waals surface area contributed by atoms with Crippen LogP contribution in [0.5, 0.6) is 11.5 Å². The summed E-state index contributed by atoms with van der Waals surface area (Å²) in [6.07, 6.45) is 0. The van der Waals surface area contributed by atoms with Crippen molar-refractivity contribution in [3.63, 3.8) is 0 Å². The first kappa shape index (κ1) is 34.3. The Bertz CT molecular complexity index is 3430. The van der Waals surface area contributed by atoms with Crippen LogP contribution in [0.4, 0.5) is 17.1 Å². The van der Waals surface area contributed by atoms with Gasteiger partial charge in [0.1, 0.15) is 11.5 Å². The first-order valence-electron chi connectivity index (χ1n) is 21.3. The zero-order chi connectivity index (χ0) is 40.5. The van der Waals surface area contributed by atoms with E-state index in [9.17, 15) is 0 Å². The fourth-order valence-electron chi connectivity index (χ4n) is 11.2. The van der Waals surface area contributed by atoms with Gasteiger partial charge in [-0.1, -0.05) is 159 Å². The van der Waals surface area contributed by atoms with E-state index in [0.717, 1.165) is 39.7 Å². The average molecular weight is 781 g/mol. The molecule has 0 bridgehead atoms. The Morgan fingerprint density at radius 2 is 1.00 bits per heavy atom. The van der Waals surface area contributed by atoms with Gasteiger partial charge in [-0.05, 0) is 105 Å². The molecule has 0 saturated carbocycles. The van der Waals surface area contributed by atoms with Crippen molar-refractivity contribution in [3.8, 4) is 39.4 Å². The van der Waals surface area contributed by atoms with Crippen molar-refractivity contribution in [2.45, 2.75) is 24.7 Å². The Balaban J connectivity index is 1.09. The summed E-state index contributed by atoms with van der Waals surface area (Å²) in [5, 5.41) is 2.51. The molecule has 1 aromatic heterocycles. The molecule has 288 valence electrons. The van der Waals surface area contributed by atoms with Crippen LogP contribution in [0.15, 0.2) is 206 Å². The number of hydrogen-bond donors (Lipinski definition) is 0. The third-order valence-corrected chi connectivity index (χ3v) is 13.8. The highest BCUT2D eigenvalue weighted by molar-refractivity contribution is 6.12. The van der Waals surface area contributed by atoms with E-state index in [1.807, 2.05) is 0 Å². The van der Waals surface area contributed by atoms with E-state index in [1.165, 1.54) is 72.0 Å². The molecule has 3 heteroatoms. The fraction of sp³-hybridized carbons (Fsp3) is 0.0690. The smallest absolute Gasteiger partial charge is 0.132 e. The molecule has 0 saturated heterocycles. The molecule has 0 radical (unpaired) electrons. The number of fused-ring (bicyclic) bond motifs is 14. The molecule has 3 nitrogen and oxygen atoms in total. The summed E-state index contributed by atoms with van der Waals surface area (Å²) < 4.78 is 9.47. The SMILES string of the molecule is CC1(C)c2ccccc2-c2ccc(N(c3ccc(-c4ccccc4)cc3)c3ccc4c(c3)C3(c5ccccc5O4)c4ccccc4-n4c5ccccc5c5cccc3c54)cc21. The van der Waals surface area contributed by atoms with Crippen LogP contribution in [0.25, 0.3) is 49.7 Å². The molecular formula is C58H40N2O. The molecular weight excluding hydrogens is 741 g/mol. The van der Waals surface area contributed by atoms with Gasteiger partial charge in [0.15, 0.2) is 0 Å². The molecule has 3 aliphatic rings. The largest absolute Gasteiger partial charge is 0.457 e. The quantitative estimate of drug-likeness (QED) is 0.177. The predicted octanol–water partition coefficient (Wildman–Crippen LogP) is 15.0. The van der Waals surface area contributed by atoms with Gasteiger partial charge >= 0.3 is 0 Å². The highest BCUT2D eigenvalue weighted by Crippen LogP contribution is 2.61. The van der Waals surface area contributed by atoms with Crippen LogP contribution in [0.3, 0.4) is 0 Å². The Morgan fingerprint density at radius 1 is 0.410 bits per heavy atom. The van der Waals surface area contributed by atoms with Gasteiger partial charge in [-0.25, -0.2) is 0 Å². The maximum atomic E-state index is 6.97. The maximum Gasteiger partial charge on any atom is 0.132 e. The van der Waals surface area contributed by atoms with E-state index >= 15 is 0 Å². The van der Waals surface area contributed by atoms with Crippen LogP contribution < -0.4 is 9.64 Å². The van der Waals surface area contributed by atoms with Crippen molar-refractivity contribution in [2.75, 3.05) is 4.90 Å². The minimum atomic E-state index is -0.676. The normalized spacial score (nSPS) is 16.0. The van der Waals surface area contributed by atoms with E-state index in [4.69, 9.17) is 4.74 Å². The van der Waals surface area contributed by atoms with Crippen molar-refractivity contribution in [1.82, 2.24) is 4.57 Å². The first-order valence-corrected chi connectivity index (χ1v) is 21.3. The van der Waals surface area contributed by atoms with Crippen LogP contribution in [-0.2, 0) is 10.8 Å². The standard InChI is InChI=1S/C58H40N2O/c1-57(2)46-20-8-6-17-42(46)43-33-31-40(35-50(43)57)59(39-29-27-38(28-30-39)37-15-4-3-5-16-37)41-32-34-55-51(36-41)58(48-22-10-13-26-54(48)61-55)47-21-9-12-25-53(47)60-52-24-11-7-18-44(52)45-19-14-23-49(58)56(45)60/h3-36H,1-2H3. The fourth-order valence-corrected chi connectivity index (χ4v) is 11.2. The minimum absolute atomic E-state index is 0.148. The van der Waals surface area contributed by atoms with E-state index in [1.54, 1.807) is 0 Å². The van der Waals surface area contributed by atoms with E-state index in [2.05, 4.69) is 230 Å². The van der Waals surface area contributed by atoms with Crippen molar-refractivity contribution in [2.24, 2.45) is 0 Å². The van der Waals surface area contributed by atoms with E-state index < -0.39 is 5.41 Å². The minimum Gasteiger partial charge on any atom is -0.457 e. The number of anilines is 3. The van der Waals surface area contributed by atoms with Crippen LogP contribution in [0, 0.1) is 0 Å². The van der Waals surface area contributed by atoms with E-state index in [-0.39, 0.29) is 5.41 Å². The van der Waals surface area contributed by atoms with Crippen LogP contribution in [-0.4, -0.2) is 4.57 Å². The summed E-state index contributed by atoms with van der Waals surface area (Å²) in [6.45, 7) is 4.72. The lowest BCUT2D eigenvalue weighted by atomic mass is 9.61. The van der Waals surface area contributed by atoms with Gasteiger partial charge in [-0.15, -0.1) is 0 Å². The summed E-state index contributed by atoms with van der Waals surface area (Å²) in [4.78, 5) is 2.44. The van der Waals surface area contributed by atoms with Crippen molar-refractivity contribution in [3.05, 3.63) is 240 Å². The van der Waals surface area contributed by atoms with Crippen LogP contribution in [0.1, 0.15) is 47.2 Å². The zero-order valence-electron chi connectivity index (χ0n) is 33.9.